The Morgan fingerprint density at radius 1 is 1.08 bits per heavy atom. The van der Waals surface area contributed by atoms with Gasteiger partial charge in [-0.1, -0.05) is 41.4 Å². The van der Waals surface area contributed by atoms with Crippen molar-refractivity contribution in [1.82, 2.24) is 10.3 Å². The molecule has 0 aliphatic carbocycles. The first-order valence-corrected chi connectivity index (χ1v) is 9.29. The van der Waals surface area contributed by atoms with E-state index in [1.54, 1.807) is 35.6 Å². The normalized spacial score (nSPS) is 10.7. The highest BCUT2D eigenvalue weighted by molar-refractivity contribution is 7.15. The van der Waals surface area contributed by atoms with E-state index in [1.165, 1.54) is 10.4 Å². The number of aryl methyl sites for hydroxylation is 2. The summed E-state index contributed by atoms with van der Waals surface area (Å²) in [5.74, 6) is -0.0856. The predicted octanol–water partition coefficient (Wildman–Crippen LogP) is 5.05. The minimum Gasteiger partial charge on any atom is -0.352 e. The van der Waals surface area contributed by atoms with Gasteiger partial charge in [0.1, 0.15) is 5.01 Å². The van der Waals surface area contributed by atoms with Crippen molar-refractivity contribution in [2.75, 3.05) is 6.54 Å². The Balaban J connectivity index is 1.61. The summed E-state index contributed by atoms with van der Waals surface area (Å²) < 4.78 is 0. The van der Waals surface area contributed by atoms with E-state index in [2.05, 4.69) is 41.5 Å². The van der Waals surface area contributed by atoms with Gasteiger partial charge in [-0.2, -0.15) is 0 Å². The molecule has 0 unspecified atom stereocenters. The third kappa shape index (κ3) is 4.47. The maximum atomic E-state index is 12.1. The van der Waals surface area contributed by atoms with Gasteiger partial charge in [0.15, 0.2) is 0 Å². The van der Waals surface area contributed by atoms with E-state index in [-0.39, 0.29) is 5.91 Å². The summed E-state index contributed by atoms with van der Waals surface area (Å²) in [5.41, 5.74) is 4.02. The number of carbonyl (C=O) groups excluding carboxylic acids is 1. The number of benzene rings is 2. The van der Waals surface area contributed by atoms with Gasteiger partial charge in [0.25, 0.3) is 5.91 Å². The van der Waals surface area contributed by atoms with Crippen LogP contribution in [0.5, 0.6) is 0 Å². The molecule has 0 saturated carbocycles. The van der Waals surface area contributed by atoms with Crippen molar-refractivity contribution in [2.45, 2.75) is 20.3 Å². The highest BCUT2D eigenvalue weighted by Crippen LogP contribution is 2.28. The monoisotopic (exact) mass is 370 g/mol. The Bertz CT molecular complexity index is 870. The quantitative estimate of drug-likeness (QED) is 0.682. The van der Waals surface area contributed by atoms with Crippen molar-refractivity contribution < 1.29 is 4.79 Å². The molecule has 1 heterocycles. The molecule has 1 amide bonds. The number of carbonyl (C=O) groups is 1. The first-order valence-electron chi connectivity index (χ1n) is 8.10. The third-order valence-corrected chi connectivity index (χ3v) is 5.45. The summed E-state index contributed by atoms with van der Waals surface area (Å²) in [6.07, 6.45) is 0.773. The molecule has 3 aromatic rings. The van der Waals surface area contributed by atoms with Gasteiger partial charge in [-0.15, -0.1) is 11.3 Å². The van der Waals surface area contributed by atoms with E-state index >= 15 is 0 Å². The van der Waals surface area contributed by atoms with E-state index in [4.69, 9.17) is 11.6 Å². The van der Waals surface area contributed by atoms with E-state index in [0.29, 0.717) is 17.1 Å². The fraction of sp³-hybridized carbons (Fsp3) is 0.200. The molecule has 2 aromatic carbocycles. The van der Waals surface area contributed by atoms with Crippen LogP contribution in [0, 0.1) is 13.8 Å². The standard InChI is InChI=1S/C20H19ClN2OS/c1-13-3-5-16(6-4-13)20-23-14(2)18(25-20)11-12-22-19(24)15-7-9-17(21)10-8-15/h3-10H,11-12H2,1-2H3,(H,22,24). The second-order valence-electron chi connectivity index (χ2n) is 5.91. The molecule has 25 heavy (non-hydrogen) atoms. The average Bonchev–Trinajstić information content (AvgIpc) is 2.97. The van der Waals surface area contributed by atoms with Crippen LogP contribution in [0.2, 0.25) is 5.02 Å². The van der Waals surface area contributed by atoms with Gasteiger partial charge in [-0.05, 0) is 38.1 Å². The predicted molar refractivity (Wildman–Crippen MR) is 105 cm³/mol. The first kappa shape index (κ1) is 17.6. The maximum absolute atomic E-state index is 12.1. The molecule has 0 aliphatic heterocycles. The summed E-state index contributed by atoms with van der Waals surface area (Å²) in [7, 11) is 0. The van der Waals surface area contributed by atoms with Crippen molar-refractivity contribution in [2.24, 2.45) is 0 Å². The number of hydrogen-bond donors (Lipinski definition) is 1. The molecule has 0 radical (unpaired) electrons. The van der Waals surface area contributed by atoms with Crippen molar-refractivity contribution in [1.29, 1.82) is 0 Å². The lowest BCUT2D eigenvalue weighted by atomic mass is 10.2. The largest absolute Gasteiger partial charge is 0.352 e. The number of thiazole rings is 1. The highest BCUT2D eigenvalue weighted by Gasteiger charge is 2.10. The van der Waals surface area contributed by atoms with Crippen LogP contribution >= 0.6 is 22.9 Å². The fourth-order valence-electron chi connectivity index (χ4n) is 2.47. The number of amides is 1. The molecule has 128 valence electrons. The molecule has 0 aliphatic rings. The van der Waals surface area contributed by atoms with E-state index in [0.717, 1.165) is 22.7 Å². The Hall–Kier alpha value is -2.17. The number of aromatic nitrogens is 1. The smallest absolute Gasteiger partial charge is 0.251 e. The van der Waals surface area contributed by atoms with E-state index < -0.39 is 0 Å². The number of halogens is 1. The summed E-state index contributed by atoms with van der Waals surface area (Å²) in [5, 5.41) is 4.60. The molecule has 0 atom stereocenters. The van der Waals surface area contributed by atoms with Gasteiger partial charge in [0.2, 0.25) is 0 Å². The Morgan fingerprint density at radius 3 is 2.44 bits per heavy atom. The summed E-state index contributed by atoms with van der Waals surface area (Å²) >= 11 is 7.53. The number of nitrogens with one attached hydrogen (secondary N) is 1. The summed E-state index contributed by atoms with van der Waals surface area (Å²) in [6.45, 7) is 4.67. The fourth-order valence-corrected chi connectivity index (χ4v) is 3.67. The molecule has 0 fully saturated rings. The van der Waals surface area contributed by atoms with Crippen LogP contribution in [0.1, 0.15) is 26.5 Å². The number of nitrogens with zero attached hydrogens (tertiary/aromatic N) is 1. The van der Waals surface area contributed by atoms with Crippen molar-refractivity contribution >= 4 is 28.8 Å². The molecule has 0 bridgehead atoms. The topological polar surface area (TPSA) is 42.0 Å². The molecule has 1 N–H and O–H groups in total. The van der Waals surface area contributed by atoms with Crippen molar-refractivity contribution in [3.8, 4) is 10.6 Å². The van der Waals surface area contributed by atoms with Crippen LogP contribution in [0.15, 0.2) is 48.5 Å². The van der Waals surface area contributed by atoms with E-state index in [9.17, 15) is 4.79 Å². The Kier molecular flexibility index (Phi) is 5.51. The highest BCUT2D eigenvalue weighted by atomic mass is 35.5. The minimum atomic E-state index is -0.0856. The third-order valence-electron chi connectivity index (χ3n) is 3.94. The second kappa shape index (κ2) is 7.81. The van der Waals surface area contributed by atoms with Crippen molar-refractivity contribution in [3.63, 3.8) is 0 Å². The summed E-state index contributed by atoms with van der Waals surface area (Å²) in [6, 6.07) is 15.3. The maximum Gasteiger partial charge on any atom is 0.251 e. The van der Waals surface area contributed by atoms with Gasteiger partial charge in [0, 0.05) is 34.0 Å². The van der Waals surface area contributed by atoms with Crippen molar-refractivity contribution in [3.05, 3.63) is 75.3 Å². The lowest BCUT2D eigenvalue weighted by Crippen LogP contribution is -2.25. The zero-order chi connectivity index (χ0) is 17.8. The molecule has 3 nitrogen and oxygen atoms in total. The molecule has 0 saturated heterocycles. The number of hydrogen-bond acceptors (Lipinski definition) is 3. The second-order valence-corrected chi connectivity index (χ2v) is 7.43. The minimum absolute atomic E-state index is 0.0856. The van der Waals surface area contributed by atoms with Gasteiger partial charge >= 0.3 is 0 Å². The molecule has 3 rings (SSSR count). The number of rotatable bonds is 5. The van der Waals surface area contributed by atoms with Crippen LogP contribution in [-0.4, -0.2) is 17.4 Å². The lowest BCUT2D eigenvalue weighted by Gasteiger charge is -2.04. The van der Waals surface area contributed by atoms with E-state index in [1.807, 2.05) is 6.92 Å². The zero-order valence-corrected chi connectivity index (χ0v) is 15.7. The average molecular weight is 371 g/mol. The van der Waals surface area contributed by atoms with Crippen LogP contribution in [0.4, 0.5) is 0 Å². The van der Waals surface area contributed by atoms with Gasteiger partial charge < -0.3 is 5.32 Å². The SMILES string of the molecule is Cc1ccc(-c2nc(C)c(CCNC(=O)c3ccc(Cl)cc3)s2)cc1. The lowest BCUT2D eigenvalue weighted by molar-refractivity contribution is 0.0954. The van der Waals surface area contributed by atoms with Crippen LogP contribution in [-0.2, 0) is 6.42 Å². The molecule has 0 spiro atoms. The van der Waals surface area contributed by atoms with Crippen LogP contribution in [0.3, 0.4) is 0 Å². The Labute approximate surface area is 156 Å². The molecular formula is C20H19ClN2OS. The zero-order valence-electron chi connectivity index (χ0n) is 14.2. The van der Waals surface area contributed by atoms with Gasteiger partial charge in [0.05, 0.1) is 5.69 Å². The molecular weight excluding hydrogens is 352 g/mol. The molecule has 1 aromatic heterocycles. The molecule has 5 heteroatoms. The summed E-state index contributed by atoms with van der Waals surface area (Å²) in [4.78, 5) is 18.0. The van der Waals surface area contributed by atoms with Crippen LogP contribution < -0.4 is 5.32 Å². The first-order chi connectivity index (χ1) is 12.0. The van der Waals surface area contributed by atoms with Crippen LogP contribution in [0.25, 0.3) is 10.6 Å². The van der Waals surface area contributed by atoms with Gasteiger partial charge in [-0.25, -0.2) is 4.98 Å². The van der Waals surface area contributed by atoms with Gasteiger partial charge in [-0.3, -0.25) is 4.79 Å². The Morgan fingerprint density at radius 2 is 1.76 bits per heavy atom.